The van der Waals surface area contributed by atoms with Crippen molar-refractivity contribution in [3.8, 4) is 6.07 Å². The third kappa shape index (κ3) is 4.46. The van der Waals surface area contributed by atoms with Crippen molar-refractivity contribution in [1.29, 1.82) is 5.26 Å². The van der Waals surface area contributed by atoms with Crippen molar-refractivity contribution in [2.24, 2.45) is 0 Å². The molecule has 0 fully saturated rings. The molecule has 1 aromatic carbocycles. The Morgan fingerprint density at radius 1 is 1.28 bits per heavy atom. The van der Waals surface area contributed by atoms with Crippen LogP contribution in [0.3, 0.4) is 0 Å². The Hall–Kier alpha value is -1.41. The summed E-state index contributed by atoms with van der Waals surface area (Å²) in [7, 11) is 4.06. The maximum absolute atomic E-state index is 9.98. The molecule has 0 aliphatic heterocycles. The van der Waals surface area contributed by atoms with Gasteiger partial charge in [-0.15, -0.1) is 0 Å². The molecule has 0 aliphatic carbocycles. The zero-order valence-electron chi connectivity index (χ0n) is 11.2. The first kappa shape index (κ1) is 14.7. The molecule has 0 saturated heterocycles. The minimum atomic E-state index is -0.535. The van der Waals surface area contributed by atoms with E-state index in [1.54, 1.807) is 24.3 Å². The Labute approximate surface area is 109 Å². The molecule has 18 heavy (non-hydrogen) atoms. The van der Waals surface area contributed by atoms with Gasteiger partial charge >= 0.3 is 0 Å². The van der Waals surface area contributed by atoms with E-state index in [2.05, 4.69) is 23.2 Å². The summed E-state index contributed by atoms with van der Waals surface area (Å²) in [4.78, 5) is 2.13. The van der Waals surface area contributed by atoms with E-state index in [9.17, 15) is 5.11 Å². The van der Waals surface area contributed by atoms with Crippen molar-refractivity contribution in [2.75, 3.05) is 27.2 Å². The lowest BCUT2D eigenvalue weighted by molar-refractivity contribution is 0.170. The smallest absolute Gasteiger partial charge is 0.0991 e. The largest absolute Gasteiger partial charge is 0.387 e. The zero-order valence-corrected chi connectivity index (χ0v) is 11.2. The van der Waals surface area contributed by atoms with Gasteiger partial charge in [-0.2, -0.15) is 5.26 Å². The van der Waals surface area contributed by atoms with Gasteiger partial charge in [-0.25, -0.2) is 0 Å². The third-order valence-electron chi connectivity index (χ3n) is 3.08. The fraction of sp³-hybridized carbons (Fsp3) is 0.500. The summed E-state index contributed by atoms with van der Waals surface area (Å²) >= 11 is 0. The number of benzene rings is 1. The van der Waals surface area contributed by atoms with Gasteiger partial charge in [0.1, 0.15) is 0 Å². The topological polar surface area (TPSA) is 59.3 Å². The van der Waals surface area contributed by atoms with Crippen LogP contribution in [0.5, 0.6) is 0 Å². The van der Waals surface area contributed by atoms with Gasteiger partial charge < -0.3 is 15.3 Å². The molecule has 0 aliphatic rings. The van der Waals surface area contributed by atoms with E-state index in [1.807, 2.05) is 14.1 Å². The SMILES string of the molecule is CC(CNCC(O)c1ccc(C#N)cc1)N(C)C. The highest BCUT2D eigenvalue weighted by Gasteiger charge is 2.09. The van der Waals surface area contributed by atoms with E-state index in [1.165, 1.54) is 0 Å². The molecular formula is C14H21N3O. The number of aliphatic hydroxyl groups excluding tert-OH is 1. The first-order chi connectivity index (χ1) is 8.54. The van der Waals surface area contributed by atoms with Gasteiger partial charge in [0.25, 0.3) is 0 Å². The van der Waals surface area contributed by atoms with E-state index < -0.39 is 6.10 Å². The minimum Gasteiger partial charge on any atom is -0.387 e. The molecule has 4 heteroatoms. The van der Waals surface area contributed by atoms with Crippen molar-refractivity contribution >= 4 is 0 Å². The average molecular weight is 247 g/mol. The van der Waals surface area contributed by atoms with Crippen LogP contribution in [0.2, 0.25) is 0 Å². The molecule has 2 atom stereocenters. The molecule has 0 saturated carbocycles. The minimum absolute atomic E-state index is 0.429. The first-order valence-electron chi connectivity index (χ1n) is 6.10. The number of aliphatic hydroxyl groups is 1. The average Bonchev–Trinajstić information content (AvgIpc) is 2.38. The highest BCUT2D eigenvalue weighted by atomic mass is 16.3. The fourth-order valence-electron chi connectivity index (χ4n) is 1.51. The lowest BCUT2D eigenvalue weighted by Crippen LogP contribution is -2.37. The number of likely N-dealkylation sites (N-methyl/N-ethyl adjacent to an activating group) is 1. The van der Waals surface area contributed by atoms with Gasteiger partial charge in [0.15, 0.2) is 0 Å². The van der Waals surface area contributed by atoms with Crippen LogP contribution in [-0.2, 0) is 0 Å². The number of nitrogens with zero attached hydrogens (tertiary/aromatic N) is 2. The predicted molar refractivity (Wildman–Crippen MR) is 72.1 cm³/mol. The van der Waals surface area contributed by atoms with Crippen LogP contribution in [0.1, 0.15) is 24.2 Å². The summed E-state index contributed by atoms with van der Waals surface area (Å²) in [6.45, 7) is 3.48. The molecule has 0 heterocycles. The van der Waals surface area contributed by atoms with Crippen LogP contribution in [0, 0.1) is 11.3 Å². The molecule has 2 N–H and O–H groups in total. The Balaban J connectivity index is 2.40. The van der Waals surface area contributed by atoms with Crippen LogP contribution in [0.25, 0.3) is 0 Å². The van der Waals surface area contributed by atoms with Crippen LogP contribution < -0.4 is 5.32 Å². The Kier molecular flexibility index (Phi) is 5.79. The van der Waals surface area contributed by atoms with Crippen LogP contribution >= 0.6 is 0 Å². The highest BCUT2D eigenvalue weighted by molar-refractivity contribution is 5.32. The van der Waals surface area contributed by atoms with Crippen LogP contribution in [-0.4, -0.2) is 43.2 Å². The molecule has 0 radical (unpaired) electrons. The van der Waals surface area contributed by atoms with Crippen LogP contribution in [0.4, 0.5) is 0 Å². The van der Waals surface area contributed by atoms with E-state index in [4.69, 9.17) is 5.26 Å². The standard InChI is InChI=1S/C14H21N3O/c1-11(17(2)3)9-16-10-14(18)13-6-4-12(8-15)5-7-13/h4-7,11,14,16,18H,9-10H2,1-3H3. The monoisotopic (exact) mass is 247 g/mol. The molecule has 0 spiro atoms. The maximum atomic E-state index is 9.98. The zero-order chi connectivity index (χ0) is 13.5. The molecule has 0 aromatic heterocycles. The van der Waals surface area contributed by atoms with Gasteiger partial charge in [-0.3, -0.25) is 0 Å². The summed E-state index contributed by atoms with van der Waals surface area (Å²) < 4.78 is 0. The number of nitriles is 1. The molecular weight excluding hydrogens is 226 g/mol. The quantitative estimate of drug-likeness (QED) is 0.791. The second kappa shape index (κ2) is 7.12. The fourth-order valence-corrected chi connectivity index (χ4v) is 1.51. The Morgan fingerprint density at radius 3 is 2.39 bits per heavy atom. The van der Waals surface area contributed by atoms with Gasteiger partial charge in [-0.1, -0.05) is 12.1 Å². The predicted octanol–water partition coefficient (Wildman–Crippen LogP) is 1.13. The van der Waals surface area contributed by atoms with Crippen molar-refractivity contribution in [2.45, 2.75) is 19.1 Å². The summed E-state index contributed by atoms with van der Waals surface area (Å²) in [5.74, 6) is 0. The van der Waals surface area contributed by atoms with Crippen molar-refractivity contribution in [1.82, 2.24) is 10.2 Å². The lowest BCUT2D eigenvalue weighted by atomic mass is 10.1. The van der Waals surface area contributed by atoms with Gasteiger partial charge in [0.2, 0.25) is 0 Å². The lowest BCUT2D eigenvalue weighted by Gasteiger charge is -2.21. The molecule has 0 amide bonds. The summed E-state index contributed by atoms with van der Waals surface area (Å²) in [5.41, 5.74) is 1.44. The van der Waals surface area contributed by atoms with Crippen molar-refractivity contribution in [3.05, 3.63) is 35.4 Å². The highest BCUT2D eigenvalue weighted by Crippen LogP contribution is 2.12. The first-order valence-corrected chi connectivity index (χ1v) is 6.10. The third-order valence-corrected chi connectivity index (χ3v) is 3.08. The number of nitrogens with one attached hydrogen (secondary N) is 1. The summed E-state index contributed by atoms with van der Waals surface area (Å²) in [6.07, 6.45) is -0.535. The second-order valence-electron chi connectivity index (χ2n) is 4.72. The van der Waals surface area contributed by atoms with E-state index in [0.29, 0.717) is 18.2 Å². The molecule has 2 unspecified atom stereocenters. The van der Waals surface area contributed by atoms with Crippen LogP contribution in [0.15, 0.2) is 24.3 Å². The van der Waals surface area contributed by atoms with Crippen molar-refractivity contribution < 1.29 is 5.11 Å². The van der Waals surface area contributed by atoms with E-state index in [-0.39, 0.29) is 0 Å². The summed E-state index contributed by atoms with van der Waals surface area (Å²) in [5, 5.41) is 21.9. The molecule has 1 rings (SSSR count). The normalized spacial score (nSPS) is 14.2. The Bertz CT molecular complexity index is 394. The van der Waals surface area contributed by atoms with E-state index in [0.717, 1.165) is 12.1 Å². The van der Waals surface area contributed by atoms with Crippen molar-refractivity contribution in [3.63, 3.8) is 0 Å². The van der Waals surface area contributed by atoms with Gasteiger partial charge in [-0.05, 0) is 38.7 Å². The molecule has 0 bridgehead atoms. The second-order valence-corrected chi connectivity index (χ2v) is 4.72. The number of hydrogen-bond donors (Lipinski definition) is 2. The number of rotatable bonds is 6. The van der Waals surface area contributed by atoms with E-state index >= 15 is 0 Å². The number of hydrogen-bond acceptors (Lipinski definition) is 4. The molecule has 4 nitrogen and oxygen atoms in total. The molecule has 1 aromatic rings. The summed E-state index contributed by atoms with van der Waals surface area (Å²) in [6, 6.07) is 9.52. The van der Waals surface area contributed by atoms with Gasteiger partial charge in [0.05, 0.1) is 17.7 Å². The Morgan fingerprint density at radius 2 is 1.89 bits per heavy atom. The molecule has 98 valence electrons. The maximum Gasteiger partial charge on any atom is 0.0991 e. The van der Waals surface area contributed by atoms with Gasteiger partial charge in [0, 0.05) is 19.1 Å².